The highest BCUT2D eigenvalue weighted by atomic mass is 35.5. The van der Waals surface area contributed by atoms with Gasteiger partial charge in [-0.3, -0.25) is 9.59 Å². The van der Waals surface area contributed by atoms with E-state index in [1.165, 1.54) is 18.2 Å². The summed E-state index contributed by atoms with van der Waals surface area (Å²) in [5.41, 5.74) is 3.90. The molecule has 2 amide bonds. The maximum atomic E-state index is 13.1. The van der Waals surface area contributed by atoms with E-state index in [9.17, 15) is 22.8 Å². The van der Waals surface area contributed by atoms with Gasteiger partial charge in [-0.25, -0.2) is 0 Å². The van der Waals surface area contributed by atoms with Crippen LogP contribution in [0.25, 0.3) is 0 Å². The molecule has 0 bridgehead atoms. The average Bonchev–Trinajstić information content (AvgIpc) is 2.56. The van der Waals surface area contributed by atoms with E-state index in [-0.39, 0.29) is 16.5 Å². The van der Waals surface area contributed by atoms with Crippen LogP contribution in [0.5, 0.6) is 0 Å². The largest absolute Gasteiger partial charge is 0.417 e. The van der Waals surface area contributed by atoms with Crippen LogP contribution >= 0.6 is 23.2 Å². The van der Waals surface area contributed by atoms with Crippen molar-refractivity contribution >= 4 is 35.0 Å². The summed E-state index contributed by atoms with van der Waals surface area (Å²) in [6.07, 6.45) is -4.88. The van der Waals surface area contributed by atoms with Gasteiger partial charge in [-0.05, 0) is 29.8 Å². The van der Waals surface area contributed by atoms with Crippen molar-refractivity contribution in [1.82, 2.24) is 5.32 Å². The van der Waals surface area contributed by atoms with E-state index in [0.29, 0.717) is 5.56 Å². The number of amides is 2. The van der Waals surface area contributed by atoms with Gasteiger partial charge in [0.15, 0.2) is 0 Å². The maximum absolute atomic E-state index is 13.1. The number of nitrogens with one attached hydrogen (secondary N) is 1. The van der Waals surface area contributed by atoms with Crippen LogP contribution in [0.4, 0.5) is 13.2 Å². The molecule has 0 saturated carbocycles. The maximum Gasteiger partial charge on any atom is 0.417 e. The average molecular weight is 405 g/mol. The zero-order valence-electron chi connectivity index (χ0n) is 13.1. The molecule has 0 unspecified atom stereocenters. The molecule has 2 rings (SSSR count). The number of alkyl halides is 3. The number of carbonyl (C=O) groups excluding carboxylic acids is 2. The Labute approximate surface area is 157 Å². The van der Waals surface area contributed by atoms with Gasteiger partial charge in [-0.15, -0.1) is 0 Å². The first-order chi connectivity index (χ1) is 12.1. The van der Waals surface area contributed by atoms with Gasteiger partial charge in [0.25, 0.3) is 5.91 Å². The first-order valence-electron chi connectivity index (χ1n) is 7.30. The fourth-order valence-corrected chi connectivity index (χ4v) is 2.87. The number of hydrogen-bond acceptors (Lipinski definition) is 2. The minimum absolute atomic E-state index is 0.159. The topological polar surface area (TPSA) is 72.2 Å². The Bertz CT molecular complexity index is 821. The van der Waals surface area contributed by atoms with Crippen LogP contribution in [0.3, 0.4) is 0 Å². The van der Waals surface area contributed by atoms with E-state index in [1.807, 2.05) is 0 Å². The molecule has 2 aromatic carbocycles. The number of benzene rings is 2. The van der Waals surface area contributed by atoms with E-state index in [0.717, 1.165) is 18.2 Å². The summed E-state index contributed by atoms with van der Waals surface area (Å²) in [5, 5.41) is 2.71. The van der Waals surface area contributed by atoms with Crippen LogP contribution in [-0.4, -0.2) is 17.9 Å². The van der Waals surface area contributed by atoms with Gasteiger partial charge in [0.1, 0.15) is 6.04 Å². The number of hydrogen-bond donors (Lipinski definition) is 2. The summed E-state index contributed by atoms with van der Waals surface area (Å²) in [6, 6.07) is 7.59. The Morgan fingerprint density at radius 3 is 2.15 bits per heavy atom. The van der Waals surface area contributed by atoms with E-state index >= 15 is 0 Å². The predicted molar refractivity (Wildman–Crippen MR) is 92.1 cm³/mol. The Morgan fingerprint density at radius 1 is 1.04 bits per heavy atom. The molecular weight excluding hydrogens is 392 g/mol. The summed E-state index contributed by atoms with van der Waals surface area (Å²) >= 11 is 12.0. The minimum Gasteiger partial charge on any atom is -0.368 e. The molecule has 0 aliphatic heterocycles. The predicted octanol–water partition coefficient (Wildman–Crippen LogP) is 3.84. The van der Waals surface area contributed by atoms with Gasteiger partial charge in [0.05, 0.1) is 11.1 Å². The molecule has 4 nitrogen and oxygen atoms in total. The minimum atomic E-state index is -4.72. The van der Waals surface area contributed by atoms with Crippen molar-refractivity contribution in [3.63, 3.8) is 0 Å². The Balaban J connectivity index is 2.29. The molecule has 0 aromatic heterocycles. The highest BCUT2D eigenvalue weighted by Crippen LogP contribution is 2.32. The second kappa shape index (κ2) is 7.97. The molecule has 26 heavy (non-hydrogen) atoms. The van der Waals surface area contributed by atoms with Crippen molar-refractivity contribution < 1.29 is 22.8 Å². The molecule has 0 fully saturated rings. The Kier molecular flexibility index (Phi) is 6.15. The summed E-state index contributed by atoms with van der Waals surface area (Å²) in [7, 11) is 0. The molecule has 0 aliphatic carbocycles. The fourth-order valence-electron chi connectivity index (χ4n) is 2.32. The monoisotopic (exact) mass is 404 g/mol. The van der Waals surface area contributed by atoms with Crippen molar-refractivity contribution in [2.24, 2.45) is 5.73 Å². The molecule has 0 heterocycles. The van der Waals surface area contributed by atoms with E-state index in [1.54, 1.807) is 6.07 Å². The molecule has 3 N–H and O–H groups in total. The van der Waals surface area contributed by atoms with Gasteiger partial charge >= 0.3 is 6.18 Å². The Morgan fingerprint density at radius 2 is 1.62 bits per heavy atom. The third-order valence-corrected chi connectivity index (χ3v) is 4.30. The third-order valence-electron chi connectivity index (χ3n) is 3.60. The smallest absolute Gasteiger partial charge is 0.368 e. The molecule has 0 saturated heterocycles. The van der Waals surface area contributed by atoms with Gasteiger partial charge in [0.2, 0.25) is 5.91 Å². The van der Waals surface area contributed by atoms with Crippen LogP contribution in [0.15, 0.2) is 42.5 Å². The molecule has 2 aromatic rings. The van der Waals surface area contributed by atoms with Crippen molar-refractivity contribution in [2.75, 3.05) is 0 Å². The molecule has 0 spiro atoms. The zero-order valence-corrected chi connectivity index (χ0v) is 14.6. The van der Waals surface area contributed by atoms with Crippen molar-refractivity contribution in [1.29, 1.82) is 0 Å². The van der Waals surface area contributed by atoms with Crippen molar-refractivity contribution in [3.05, 3.63) is 69.2 Å². The number of rotatable bonds is 5. The number of halogens is 5. The highest BCUT2D eigenvalue weighted by Gasteiger charge is 2.35. The fraction of sp³-hybridized carbons (Fsp3) is 0.176. The summed E-state index contributed by atoms with van der Waals surface area (Å²) in [5.74, 6) is -2.01. The SMILES string of the molecule is NC(=O)[C@H](Cc1c(Cl)cccc1Cl)NC(=O)c1ccccc1C(F)(F)F. The molecule has 138 valence electrons. The zero-order chi connectivity index (χ0) is 19.5. The standard InChI is InChI=1S/C17H13Cl2F3N2O2/c18-12-6-3-7-13(19)10(12)8-14(15(23)25)24-16(26)9-4-1-2-5-11(9)17(20,21)22/h1-7,14H,8H2,(H2,23,25)(H,24,26)/t14-/m0/s1. The quantitative estimate of drug-likeness (QED) is 0.794. The van der Waals surface area contributed by atoms with Gasteiger partial charge in [-0.2, -0.15) is 13.2 Å². The number of carbonyl (C=O) groups is 2. The summed E-state index contributed by atoms with van der Waals surface area (Å²) in [4.78, 5) is 24.0. The van der Waals surface area contributed by atoms with E-state index in [4.69, 9.17) is 28.9 Å². The van der Waals surface area contributed by atoms with Crippen LogP contribution < -0.4 is 11.1 Å². The number of nitrogens with two attached hydrogens (primary N) is 1. The highest BCUT2D eigenvalue weighted by molar-refractivity contribution is 6.36. The second-order valence-corrected chi connectivity index (χ2v) is 6.19. The normalized spacial score (nSPS) is 12.5. The van der Waals surface area contributed by atoms with Crippen LogP contribution in [0, 0.1) is 0 Å². The summed E-state index contributed by atoms with van der Waals surface area (Å²) in [6.45, 7) is 0. The van der Waals surface area contributed by atoms with Crippen LogP contribution in [0.1, 0.15) is 21.5 Å². The molecule has 9 heteroatoms. The van der Waals surface area contributed by atoms with E-state index < -0.39 is 35.2 Å². The van der Waals surface area contributed by atoms with Gasteiger partial charge in [0, 0.05) is 16.5 Å². The lowest BCUT2D eigenvalue weighted by Gasteiger charge is -2.19. The molecule has 1 atom stereocenters. The summed E-state index contributed by atoms with van der Waals surface area (Å²) < 4.78 is 39.2. The van der Waals surface area contributed by atoms with Crippen molar-refractivity contribution in [3.8, 4) is 0 Å². The van der Waals surface area contributed by atoms with Crippen LogP contribution in [0.2, 0.25) is 10.0 Å². The van der Waals surface area contributed by atoms with Gasteiger partial charge in [-0.1, -0.05) is 41.4 Å². The third kappa shape index (κ3) is 4.68. The lowest BCUT2D eigenvalue weighted by atomic mass is 10.0. The number of primary amides is 1. The lowest BCUT2D eigenvalue weighted by molar-refractivity contribution is -0.137. The van der Waals surface area contributed by atoms with Gasteiger partial charge < -0.3 is 11.1 Å². The van der Waals surface area contributed by atoms with Crippen molar-refractivity contribution in [2.45, 2.75) is 18.6 Å². The lowest BCUT2D eigenvalue weighted by Crippen LogP contribution is -2.46. The molecule has 0 aliphatic rings. The molecular formula is C17H13Cl2F3N2O2. The second-order valence-electron chi connectivity index (χ2n) is 5.38. The first-order valence-corrected chi connectivity index (χ1v) is 8.06. The molecule has 0 radical (unpaired) electrons. The van der Waals surface area contributed by atoms with E-state index in [2.05, 4.69) is 5.32 Å². The first kappa shape index (κ1) is 20.1. The Hall–Kier alpha value is -2.25. The van der Waals surface area contributed by atoms with Crippen LogP contribution in [-0.2, 0) is 17.4 Å².